The fraction of sp³-hybridized carbons (Fsp3) is 0.714. The van der Waals surface area contributed by atoms with Crippen molar-refractivity contribution >= 4 is 22.4 Å². The van der Waals surface area contributed by atoms with E-state index < -0.39 is 0 Å². The first kappa shape index (κ1) is 16.1. The lowest BCUT2D eigenvalue weighted by Crippen LogP contribution is -2.28. The maximum Gasteiger partial charge on any atom is 0.225 e. The summed E-state index contributed by atoms with van der Waals surface area (Å²) < 4.78 is 0. The van der Waals surface area contributed by atoms with Crippen LogP contribution in [0.3, 0.4) is 0 Å². The lowest BCUT2D eigenvalue weighted by molar-refractivity contribution is -0.116. The Balaban J connectivity index is 2.48. The van der Waals surface area contributed by atoms with Crippen LogP contribution in [0.5, 0.6) is 0 Å². The van der Waals surface area contributed by atoms with E-state index in [1.54, 1.807) is 11.8 Å². The van der Waals surface area contributed by atoms with Gasteiger partial charge < -0.3 is 5.32 Å². The average molecular weight is 283 g/mol. The van der Waals surface area contributed by atoms with Crippen LogP contribution in [0.25, 0.3) is 0 Å². The summed E-state index contributed by atoms with van der Waals surface area (Å²) in [6, 6.07) is 0.514. The third kappa shape index (κ3) is 5.28. The first-order chi connectivity index (χ1) is 9.08. The molecular formula is C14H25N3OS. The van der Waals surface area contributed by atoms with Gasteiger partial charge in [-0.15, -0.1) is 11.3 Å². The van der Waals surface area contributed by atoms with Crippen molar-refractivity contribution < 1.29 is 4.79 Å². The van der Waals surface area contributed by atoms with Gasteiger partial charge in [-0.3, -0.25) is 9.69 Å². The number of carbonyl (C=O) groups excluding carboxylic acids is 1. The Hall–Kier alpha value is -0.940. The normalized spacial score (nSPS) is 12.4. The summed E-state index contributed by atoms with van der Waals surface area (Å²) in [5.41, 5.74) is 1.02. The van der Waals surface area contributed by atoms with Crippen molar-refractivity contribution in [2.45, 2.75) is 59.5 Å². The number of unbranched alkanes of at least 4 members (excludes halogenated alkanes) is 1. The standard InChI is InChI=1S/C14H25N3OS/c1-5-7-8-11(3)15-9-13-10-19-14(16-13)17(6-2)12(4)18/h10-11,15H,5-9H2,1-4H3. The van der Waals surface area contributed by atoms with Crippen LogP contribution < -0.4 is 10.2 Å². The zero-order valence-corrected chi connectivity index (χ0v) is 13.2. The molecule has 5 heteroatoms. The first-order valence-corrected chi connectivity index (χ1v) is 7.92. The van der Waals surface area contributed by atoms with E-state index in [-0.39, 0.29) is 5.91 Å². The number of hydrogen-bond donors (Lipinski definition) is 1. The van der Waals surface area contributed by atoms with Gasteiger partial charge in [0, 0.05) is 31.4 Å². The van der Waals surface area contributed by atoms with Crippen molar-refractivity contribution in [3.63, 3.8) is 0 Å². The number of anilines is 1. The molecule has 1 unspecified atom stereocenters. The highest BCUT2D eigenvalue weighted by molar-refractivity contribution is 7.14. The summed E-state index contributed by atoms with van der Waals surface area (Å²) in [4.78, 5) is 17.7. The monoisotopic (exact) mass is 283 g/mol. The number of nitrogens with one attached hydrogen (secondary N) is 1. The van der Waals surface area contributed by atoms with Crippen LogP contribution in [0.4, 0.5) is 5.13 Å². The molecule has 19 heavy (non-hydrogen) atoms. The molecule has 1 rings (SSSR count). The summed E-state index contributed by atoms with van der Waals surface area (Å²) in [5.74, 6) is 0.0488. The number of nitrogens with zero attached hydrogens (tertiary/aromatic N) is 2. The Bertz CT molecular complexity index is 392. The van der Waals surface area contributed by atoms with E-state index in [9.17, 15) is 4.79 Å². The predicted octanol–water partition coefficient (Wildman–Crippen LogP) is 3.18. The first-order valence-electron chi connectivity index (χ1n) is 7.04. The molecule has 0 saturated heterocycles. The Kier molecular flexibility index (Phi) is 7.02. The van der Waals surface area contributed by atoms with E-state index in [4.69, 9.17) is 0 Å². The zero-order chi connectivity index (χ0) is 14.3. The fourth-order valence-corrected chi connectivity index (χ4v) is 2.82. The summed E-state index contributed by atoms with van der Waals surface area (Å²) in [6.45, 7) is 9.40. The lowest BCUT2D eigenvalue weighted by Gasteiger charge is -2.15. The SMILES string of the molecule is CCCCC(C)NCc1csc(N(CC)C(C)=O)n1. The minimum absolute atomic E-state index is 0.0488. The van der Waals surface area contributed by atoms with Gasteiger partial charge in [0.25, 0.3) is 0 Å². The second-order valence-electron chi connectivity index (χ2n) is 4.81. The molecule has 1 heterocycles. The minimum atomic E-state index is 0.0488. The van der Waals surface area contributed by atoms with Crippen LogP contribution >= 0.6 is 11.3 Å². The fourth-order valence-electron chi connectivity index (χ4n) is 1.89. The molecule has 1 aromatic heterocycles. The van der Waals surface area contributed by atoms with Crippen LogP contribution in [0.1, 0.15) is 52.7 Å². The van der Waals surface area contributed by atoms with Crippen LogP contribution in [-0.4, -0.2) is 23.5 Å². The maximum absolute atomic E-state index is 11.4. The van der Waals surface area contributed by atoms with Crippen molar-refractivity contribution in [1.29, 1.82) is 0 Å². The number of carbonyl (C=O) groups is 1. The van der Waals surface area contributed by atoms with Crippen LogP contribution in [0.2, 0.25) is 0 Å². The molecule has 0 fully saturated rings. The zero-order valence-electron chi connectivity index (χ0n) is 12.4. The van der Waals surface area contributed by atoms with Gasteiger partial charge in [-0.25, -0.2) is 4.98 Å². The second kappa shape index (κ2) is 8.27. The highest BCUT2D eigenvalue weighted by atomic mass is 32.1. The quantitative estimate of drug-likeness (QED) is 0.797. The summed E-state index contributed by atoms with van der Waals surface area (Å²) in [5, 5.41) is 6.30. The smallest absolute Gasteiger partial charge is 0.225 e. The third-order valence-electron chi connectivity index (χ3n) is 3.09. The van der Waals surface area contributed by atoms with Crippen LogP contribution in [-0.2, 0) is 11.3 Å². The van der Waals surface area contributed by atoms with Crippen LogP contribution in [0.15, 0.2) is 5.38 Å². The number of rotatable bonds is 8. The minimum Gasteiger partial charge on any atom is -0.309 e. The third-order valence-corrected chi connectivity index (χ3v) is 4.00. The number of hydrogen-bond acceptors (Lipinski definition) is 4. The van der Waals surface area contributed by atoms with E-state index in [0.29, 0.717) is 12.6 Å². The van der Waals surface area contributed by atoms with E-state index in [2.05, 4.69) is 24.1 Å². The number of amides is 1. The summed E-state index contributed by atoms with van der Waals surface area (Å²) >= 11 is 1.53. The van der Waals surface area contributed by atoms with Gasteiger partial charge in [0.05, 0.1) is 5.69 Å². The molecule has 0 aliphatic carbocycles. The molecule has 0 radical (unpaired) electrons. The Labute approximate surface area is 120 Å². The second-order valence-corrected chi connectivity index (χ2v) is 5.65. The van der Waals surface area contributed by atoms with Crippen molar-refractivity contribution in [1.82, 2.24) is 10.3 Å². The molecule has 1 atom stereocenters. The van der Waals surface area contributed by atoms with E-state index >= 15 is 0 Å². The molecule has 0 aliphatic rings. The van der Waals surface area contributed by atoms with Crippen LogP contribution in [0, 0.1) is 0 Å². The molecular weight excluding hydrogens is 258 g/mol. The Morgan fingerprint density at radius 2 is 2.26 bits per heavy atom. The topological polar surface area (TPSA) is 45.2 Å². The molecule has 4 nitrogen and oxygen atoms in total. The summed E-state index contributed by atoms with van der Waals surface area (Å²) in [6.07, 6.45) is 3.68. The van der Waals surface area contributed by atoms with Crippen molar-refractivity contribution in [2.75, 3.05) is 11.4 Å². The van der Waals surface area contributed by atoms with Gasteiger partial charge in [0.1, 0.15) is 0 Å². The van der Waals surface area contributed by atoms with Gasteiger partial charge in [0.2, 0.25) is 5.91 Å². The number of thiazole rings is 1. The van der Waals surface area contributed by atoms with Gasteiger partial charge in [-0.1, -0.05) is 19.8 Å². The molecule has 1 N–H and O–H groups in total. The molecule has 0 aliphatic heterocycles. The predicted molar refractivity (Wildman–Crippen MR) is 81.6 cm³/mol. The Morgan fingerprint density at radius 1 is 1.53 bits per heavy atom. The highest BCUT2D eigenvalue weighted by Crippen LogP contribution is 2.20. The number of aromatic nitrogens is 1. The van der Waals surface area contributed by atoms with Crippen molar-refractivity contribution in [3.05, 3.63) is 11.1 Å². The highest BCUT2D eigenvalue weighted by Gasteiger charge is 2.13. The summed E-state index contributed by atoms with van der Waals surface area (Å²) in [7, 11) is 0. The molecule has 0 saturated carbocycles. The average Bonchev–Trinajstić information content (AvgIpc) is 2.83. The van der Waals surface area contributed by atoms with Crippen molar-refractivity contribution in [3.8, 4) is 0 Å². The van der Waals surface area contributed by atoms with E-state index in [0.717, 1.165) is 17.4 Å². The molecule has 0 bridgehead atoms. The lowest BCUT2D eigenvalue weighted by atomic mass is 10.1. The molecule has 108 valence electrons. The molecule has 0 aromatic carbocycles. The molecule has 1 aromatic rings. The van der Waals surface area contributed by atoms with Crippen molar-refractivity contribution in [2.24, 2.45) is 0 Å². The molecule has 1 amide bonds. The van der Waals surface area contributed by atoms with E-state index in [1.807, 2.05) is 12.3 Å². The Morgan fingerprint density at radius 3 is 2.84 bits per heavy atom. The van der Waals surface area contributed by atoms with Gasteiger partial charge >= 0.3 is 0 Å². The van der Waals surface area contributed by atoms with Gasteiger partial charge in [0.15, 0.2) is 5.13 Å². The van der Waals surface area contributed by atoms with Gasteiger partial charge in [-0.2, -0.15) is 0 Å². The van der Waals surface area contributed by atoms with Gasteiger partial charge in [-0.05, 0) is 20.3 Å². The van der Waals surface area contributed by atoms with E-state index in [1.165, 1.54) is 30.6 Å². The molecule has 0 spiro atoms. The largest absolute Gasteiger partial charge is 0.309 e. The maximum atomic E-state index is 11.4.